The van der Waals surface area contributed by atoms with Gasteiger partial charge >= 0.3 is 11.9 Å². The van der Waals surface area contributed by atoms with Gasteiger partial charge in [0.2, 0.25) is 0 Å². The van der Waals surface area contributed by atoms with Crippen LogP contribution in [0.15, 0.2) is 42.2 Å². The fourth-order valence-electron chi connectivity index (χ4n) is 1.54. The van der Waals surface area contributed by atoms with E-state index in [2.05, 4.69) is 76.9 Å². The summed E-state index contributed by atoms with van der Waals surface area (Å²) in [5.74, 6) is -1.33. The van der Waals surface area contributed by atoms with Crippen LogP contribution in [0.4, 0.5) is 0 Å². The molecule has 8 heteroatoms. The highest BCUT2D eigenvalue weighted by atomic mass is 79.9. The Hall–Kier alpha value is -0.440. The molecular weight excluding hydrogens is 576 g/mol. The van der Waals surface area contributed by atoms with E-state index in [1.165, 1.54) is 0 Å². The van der Waals surface area contributed by atoms with Gasteiger partial charge in [-0.2, -0.15) is 0 Å². The number of esters is 2. The second-order valence-corrected chi connectivity index (χ2v) is 8.24. The van der Waals surface area contributed by atoms with E-state index in [0.29, 0.717) is 29.0 Å². The maximum atomic E-state index is 12.5. The Balaban J connectivity index is 3.43. The van der Waals surface area contributed by atoms with Crippen molar-refractivity contribution in [1.82, 2.24) is 0 Å². The summed E-state index contributed by atoms with van der Waals surface area (Å²) in [6.45, 7) is 10.9. The van der Waals surface area contributed by atoms with Gasteiger partial charge in [-0.1, -0.05) is 13.2 Å². The molecule has 0 radical (unpaired) electrons. The van der Waals surface area contributed by atoms with Gasteiger partial charge in [-0.15, -0.1) is 0 Å². The standard InChI is InChI=1S/C16H14Br4O4/c1-7(2)5-23-15(21)9-10(16(22)24-6-8(3)4)12(18)14(20)13(19)11(9)17/h1,3,5-6H2,2,4H3. The van der Waals surface area contributed by atoms with Crippen molar-refractivity contribution in [3.63, 3.8) is 0 Å². The molecule has 0 aliphatic heterocycles. The zero-order chi connectivity index (χ0) is 18.6. The van der Waals surface area contributed by atoms with Crippen LogP contribution in [0, 0.1) is 0 Å². The third-order valence-electron chi connectivity index (χ3n) is 2.57. The minimum Gasteiger partial charge on any atom is -0.458 e. The molecule has 1 rings (SSSR count). The molecule has 0 atom stereocenters. The lowest BCUT2D eigenvalue weighted by molar-refractivity contribution is 0.0492. The second-order valence-electron chi connectivity index (χ2n) is 5.07. The lowest BCUT2D eigenvalue weighted by Crippen LogP contribution is -2.17. The van der Waals surface area contributed by atoms with Gasteiger partial charge in [0.15, 0.2) is 0 Å². The Bertz CT molecular complexity index is 665. The Morgan fingerprint density at radius 3 is 1.29 bits per heavy atom. The summed E-state index contributed by atoms with van der Waals surface area (Å²) in [6.07, 6.45) is 0. The maximum absolute atomic E-state index is 12.5. The first kappa shape index (κ1) is 21.6. The average molecular weight is 590 g/mol. The van der Waals surface area contributed by atoms with Crippen LogP contribution in [-0.2, 0) is 9.47 Å². The summed E-state index contributed by atoms with van der Waals surface area (Å²) in [6, 6.07) is 0. The molecule has 0 amide bonds. The van der Waals surface area contributed by atoms with Gasteiger partial charge in [-0.25, -0.2) is 9.59 Å². The molecule has 130 valence electrons. The topological polar surface area (TPSA) is 52.6 Å². The van der Waals surface area contributed by atoms with E-state index in [4.69, 9.17) is 9.47 Å². The SMILES string of the molecule is C=C(C)COC(=O)c1c(Br)c(Br)c(Br)c(Br)c1C(=O)OCC(=C)C. The Labute approximate surface area is 174 Å². The average Bonchev–Trinajstić information content (AvgIpc) is 2.51. The molecule has 0 saturated carbocycles. The van der Waals surface area contributed by atoms with Gasteiger partial charge in [-0.3, -0.25) is 0 Å². The van der Waals surface area contributed by atoms with Gasteiger partial charge in [-0.05, 0) is 88.7 Å². The first-order valence-corrected chi connectivity index (χ1v) is 9.74. The molecule has 0 bridgehead atoms. The third-order valence-corrected chi connectivity index (χ3v) is 7.34. The molecule has 4 nitrogen and oxygen atoms in total. The lowest BCUT2D eigenvalue weighted by Gasteiger charge is -2.16. The van der Waals surface area contributed by atoms with Gasteiger partial charge in [0, 0.05) is 17.9 Å². The zero-order valence-electron chi connectivity index (χ0n) is 13.0. The monoisotopic (exact) mass is 586 g/mol. The molecule has 24 heavy (non-hydrogen) atoms. The Morgan fingerprint density at radius 1 is 0.750 bits per heavy atom. The molecule has 0 unspecified atom stereocenters. The van der Waals surface area contributed by atoms with Crippen LogP contribution >= 0.6 is 63.7 Å². The van der Waals surface area contributed by atoms with Crippen molar-refractivity contribution in [2.24, 2.45) is 0 Å². The zero-order valence-corrected chi connectivity index (χ0v) is 19.3. The van der Waals surface area contributed by atoms with E-state index < -0.39 is 11.9 Å². The number of benzene rings is 1. The normalized spacial score (nSPS) is 10.2. The summed E-state index contributed by atoms with van der Waals surface area (Å²) in [4.78, 5) is 24.9. The van der Waals surface area contributed by atoms with Crippen LogP contribution in [0.2, 0.25) is 0 Å². The number of hydrogen-bond acceptors (Lipinski definition) is 4. The number of hydrogen-bond donors (Lipinski definition) is 0. The molecule has 0 saturated heterocycles. The van der Waals surface area contributed by atoms with E-state index in [0.717, 1.165) is 0 Å². The highest BCUT2D eigenvalue weighted by Crippen LogP contribution is 2.42. The third kappa shape index (κ3) is 5.28. The summed E-state index contributed by atoms with van der Waals surface area (Å²) >= 11 is 13.4. The van der Waals surface area contributed by atoms with Crippen LogP contribution in [0.5, 0.6) is 0 Å². The predicted octanol–water partition coefficient (Wildman–Crippen LogP) is 6.20. The predicted molar refractivity (Wildman–Crippen MR) is 107 cm³/mol. The van der Waals surface area contributed by atoms with Gasteiger partial charge < -0.3 is 9.47 Å². The fourth-order valence-corrected chi connectivity index (χ4v) is 3.98. The van der Waals surface area contributed by atoms with Crippen LogP contribution < -0.4 is 0 Å². The van der Waals surface area contributed by atoms with Crippen LogP contribution in [0.1, 0.15) is 34.6 Å². The van der Waals surface area contributed by atoms with Crippen molar-refractivity contribution in [3.8, 4) is 0 Å². The smallest absolute Gasteiger partial charge is 0.340 e. The molecule has 0 heterocycles. The first-order chi connectivity index (χ1) is 11.1. The number of carbonyl (C=O) groups excluding carboxylic acids is 2. The van der Waals surface area contributed by atoms with E-state index >= 15 is 0 Å². The van der Waals surface area contributed by atoms with E-state index in [-0.39, 0.29) is 24.3 Å². The summed E-state index contributed by atoms with van der Waals surface area (Å²) in [7, 11) is 0. The molecule has 0 aliphatic carbocycles. The van der Waals surface area contributed by atoms with E-state index in [1.54, 1.807) is 13.8 Å². The number of ether oxygens (including phenoxy) is 2. The minimum absolute atomic E-state index is 0.0524. The summed E-state index contributed by atoms with van der Waals surface area (Å²) in [5, 5.41) is 0. The Morgan fingerprint density at radius 2 is 1.04 bits per heavy atom. The molecule has 0 N–H and O–H groups in total. The molecule has 1 aromatic carbocycles. The summed E-state index contributed by atoms with van der Waals surface area (Å²) < 4.78 is 12.3. The van der Waals surface area contributed by atoms with Gasteiger partial charge in [0.25, 0.3) is 0 Å². The van der Waals surface area contributed by atoms with Crippen molar-refractivity contribution < 1.29 is 19.1 Å². The lowest BCUT2D eigenvalue weighted by atomic mass is 10.1. The molecule has 0 spiro atoms. The molecule has 0 fully saturated rings. The number of halogens is 4. The van der Waals surface area contributed by atoms with Gasteiger partial charge in [0.1, 0.15) is 13.2 Å². The largest absolute Gasteiger partial charge is 0.458 e. The second kappa shape index (κ2) is 9.31. The molecule has 0 aromatic heterocycles. The quantitative estimate of drug-likeness (QED) is 0.172. The van der Waals surface area contributed by atoms with Crippen molar-refractivity contribution >= 4 is 75.7 Å². The molecule has 0 aliphatic rings. The minimum atomic E-state index is -0.666. The maximum Gasteiger partial charge on any atom is 0.340 e. The van der Waals surface area contributed by atoms with E-state index in [9.17, 15) is 9.59 Å². The fraction of sp³-hybridized carbons (Fsp3) is 0.250. The van der Waals surface area contributed by atoms with Crippen molar-refractivity contribution in [1.29, 1.82) is 0 Å². The highest BCUT2D eigenvalue weighted by molar-refractivity contribution is 9.15. The van der Waals surface area contributed by atoms with Crippen molar-refractivity contribution in [3.05, 3.63) is 53.3 Å². The van der Waals surface area contributed by atoms with Crippen LogP contribution in [0.25, 0.3) is 0 Å². The van der Waals surface area contributed by atoms with Crippen molar-refractivity contribution in [2.75, 3.05) is 13.2 Å². The highest BCUT2D eigenvalue weighted by Gasteiger charge is 2.30. The van der Waals surface area contributed by atoms with Crippen LogP contribution in [-0.4, -0.2) is 25.2 Å². The van der Waals surface area contributed by atoms with Crippen molar-refractivity contribution in [2.45, 2.75) is 13.8 Å². The summed E-state index contributed by atoms with van der Waals surface area (Å²) in [5.41, 5.74) is 1.48. The molecule has 1 aromatic rings. The van der Waals surface area contributed by atoms with Crippen LogP contribution in [0.3, 0.4) is 0 Å². The van der Waals surface area contributed by atoms with E-state index in [1.807, 2.05) is 0 Å². The number of rotatable bonds is 6. The number of carbonyl (C=O) groups is 2. The molecular formula is C16H14Br4O4. The first-order valence-electron chi connectivity index (χ1n) is 6.56. The Kier molecular flexibility index (Phi) is 8.38. The van der Waals surface area contributed by atoms with Gasteiger partial charge in [0.05, 0.1) is 11.1 Å².